The summed E-state index contributed by atoms with van der Waals surface area (Å²) in [5.41, 5.74) is 0.874. The van der Waals surface area contributed by atoms with Gasteiger partial charge in [0.1, 0.15) is 12.4 Å². The zero-order valence-corrected chi connectivity index (χ0v) is 17.0. The van der Waals surface area contributed by atoms with Gasteiger partial charge in [-0.15, -0.1) is 0 Å². The van der Waals surface area contributed by atoms with E-state index in [1.165, 1.54) is 0 Å². The number of nitrogens with zero attached hydrogens (tertiary/aromatic N) is 2. The second-order valence-corrected chi connectivity index (χ2v) is 7.23. The number of hydrogen-bond acceptors (Lipinski definition) is 5. The molecule has 2 heterocycles. The second-order valence-electron chi connectivity index (χ2n) is 6.84. The minimum atomic E-state index is -0.613. The van der Waals surface area contributed by atoms with Gasteiger partial charge in [-0.3, -0.25) is 4.79 Å². The average molecular weight is 413 g/mol. The quantitative estimate of drug-likeness (QED) is 0.775. The van der Waals surface area contributed by atoms with Gasteiger partial charge in [-0.25, -0.2) is 0 Å². The van der Waals surface area contributed by atoms with Crippen molar-refractivity contribution in [1.29, 1.82) is 0 Å². The van der Waals surface area contributed by atoms with Gasteiger partial charge in [-0.05, 0) is 36.5 Å². The number of carbonyl (C=O) groups excluding carboxylic acids is 1. The van der Waals surface area contributed by atoms with Gasteiger partial charge in [0.25, 0.3) is 5.91 Å². The van der Waals surface area contributed by atoms with Crippen molar-refractivity contribution >= 4 is 28.9 Å². The summed E-state index contributed by atoms with van der Waals surface area (Å²) in [5, 5.41) is 3.87. The lowest BCUT2D eigenvalue weighted by Gasteiger charge is -2.38. The molecule has 2 aromatic carbocycles. The maximum Gasteiger partial charge on any atom is 0.267 e. The fourth-order valence-corrected chi connectivity index (χ4v) is 3.68. The lowest BCUT2D eigenvalue weighted by atomic mass is 10.2. The molecule has 152 valence electrons. The Kier molecular flexibility index (Phi) is 5.71. The second kappa shape index (κ2) is 8.57. The van der Waals surface area contributed by atoms with Gasteiger partial charge in [-0.1, -0.05) is 18.2 Å². The number of nitrogens with one attached hydrogen (secondary N) is 1. The largest absolute Gasteiger partial charge is 0.497 e. The summed E-state index contributed by atoms with van der Waals surface area (Å²) in [7, 11) is 1.63. The molecule has 7 nitrogen and oxygen atoms in total. The Hall–Kier alpha value is -3.00. The van der Waals surface area contributed by atoms with Crippen LogP contribution in [0.1, 0.15) is 0 Å². The summed E-state index contributed by atoms with van der Waals surface area (Å²) in [6.45, 7) is 2.71. The van der Waals surface area contributed by atoms with Crippen molar-refractivity contribution in [2.75, 3.05) is 45.2 Å². The Labute approximate surface area is 175 Å². The molecule has 1 N–H and O–H groups in total. The minimum Gasteiger partial charge on any atom is -0.497 e. The standard InChI is InChI=1S/C21H23N3O4S/c1-26-16-6-4-5-15(13-16)22-21(29)24-11-9-23(10-12-24)20(25)19-14-27-17-7-2-3-8-18(17)28-19/h2-8,13,19H,9-12,14H2,1H3,(H,22,29). The van der Waals surface area contributed by atoms with Crippen LogP contribution >= 0.6 is 12.2 Å². The maximum absolute atomic E-state index is 12.8. The van der Waals surface area contributed by atoms with E-state index < -0.39 is 6.10 Å². The highest BCUT2D eigenvalue weighted by Crippen LogP contribution is 2.31. The third-order valence-electron chi connectivity index (χ3n) is 4.98. The van der Waals surface area contributed by atoms with Crippen LogP contribution in [0.5, 0.6) is 17.2 Å². The Morgan fingerprint density at radius 3 is 2.55 bits per heavy atom. The first-order valence-corrected chi connectivity index (χ1v) is 9.92. The molecule has 1 fully saturated rings. The molecule has 4 rings (SSSR count). The van der Waals surface area contributed by atoms with Gasteiger partial charge >= 0.3 is 0 Å². The van der Waals surface area contributed by atoms with Crippen LogP contribution < -0.4 is 19.5 Å². The van der Waals surface area contributed by atoms with Gasteiger partial charge in [-0.2, -0.15) is 0 Å². The van der Waals surface area contributed by atoms with E-state index in [9.17, 15) is 4.79 Å². The third-order valence-corrected chi connectivity index (χ3v) is 5.34. The van der Waals surface area contributed by atoms with Crippen molar-refractivity contribution in [3.05, 3.63) is 48.5 Å². The fourth-order valence-electron chi connectivity index (χ4n) is 3.38. The molecule has 0 aromatic heterocycles. The van der Waals surface area contributed by atoms with Crippen LogP contribution in [-0.4, -0.2) is 66.8 Å². The van der Waals surface area contributed by atoms with Gasteiger partial charge < -0.3 is 29.3 Å². The van der Waals surface area contributed by atoms with E-state index in [-0.39, 0.29) is 12.5 Å². The van der Waals surface area contributed by atoms with E-state index in [4.69, 9.17) is 26.4 Å². The number of fused-ring (bicyclic) bond motifs is 1. The summed E-state index contributed by atoms with van der Waals surface area (Å²) in [6, 6.07) is 15.0. The van der Waals surface area contributed by atoms with Gasteiger partial charge in [0.05, 0.1) is 7.11 Å². The van der Waals surface area contributed by atoms with E-state index in [2.05, 4.69) is 10.2 Å². The highest BCUT2D eigenvalue weighted by atomic mass is 32.1. The molecule has 1 unspecified atom stereocenters. The van der Waals surface area contributed by atoms with E-state index in [0.717, 1.165) is 11.4 Å². The lowest BCUT2D eigenvalue weighted by molar-refractivity contribution is -0.142. The van der Waals surface area contributed by atoms with Crippen molar-refractivity contribution in [2.24, 2.45) is 0 Å². The molecule has 0 saturated carbocycles. The van der Waals surface area contributed by atoms with Crippen LogP contribution in [0.4, 0.5) is 5.69 Å². The molecular formula is C21H23N3O4S. The van der Waals surface area contributed by atoms with E-state index in [1.54, 1.807) is 7.11 Å². The molecule has 1 saturated heterocycles. The van der Waals surface area contributed by atoms with Crippen LogP contribution in [0.15, 0.2) is 48.5 Å². The summed E-state index contributed by atoms with van der Waals surface area (Å²) < 4.78 is 16.7. The smallest absolute Gasteiger partial charge is 0.267 e. The number of methoxy groups -OCH3 is 1. The number of hydrogen-bond donors (Lipinski definition) is 1. The first-order chi connectivity index (χ1) is 14.1. The normalized spacial score (nSPS) is 18.2. The first-order valence-electron chi connectivity index (χ1n) is 9.51. The van der Waals surface area contributed by atoms with Crippen LogP contribution in [0.3, 0.4) is 0 Å². The topological polar surface area (TPSA) is 63.3 Å². The van der Waals surface area contributed by atoms with Crippen LogP contribution in [-0.2, 0) is 4.79 Å². The van der Waals surface area contributed by atoms with Crippen molar-refractivity contribution in [3.8, 4) is 17.2 Å². The molecular weight excluding hydrogens is 390 g/mol. The summed E-state index contributed by atoms with van der Waals surface area (Å²) in [6.07, 6.45) is -0.613. The number of piperazine rings is 1. The Morgan fingerprint density at radius 1 is 1.07 bits per heavy atom. The van der Waals surface area contributed by atoms with Crippen molar-refractivity contribution in [2.45, 2.75) is 6.10 Å². The third kappa shape index (κ3) is 4.37. The number of amides is 1. The Balaban J connectivity index is 1.30. The fraction of sp³-hybridized carbons (Fsp3) is 0.333. The summed E-state index contributed by atoms with van der Waals surface area (Å²) >= 11 is 5.53. The maximum atomic E-state index is 12.8. The number of para-hydroxylation sites is 2. The summed E-state index contributed by atoms with van der Waals surface area (Å²) in [5.74, 6) is 2.00. The molecule has 29 heavy (non-hydrogen) atoms. The molecule has 0 radical (unpaired) electrons. The predicted octanol–water partition coefficient (Wildman–Crippen LogP) is 2.38. The van der Waals surface area contributed by atoms with Crippen molar-refractivity contribution < 1.29 is 19.0 Å². The van der Waals surface area contributed by atoms with Crippen LogP contribution in [0.25, 0.3) is 0 Å². The van der Waals surface area contributed by atoms with Crippen molar-refractivity contribution in [1.82, 2.24) is 9.80 Å². The molecule has 0 aliphatic carbocycles. The predicted molar refractivity (Wildman–Crippen MR) is 114 cm³/mol. The van der Waals surface area contributed by atoms with Crippen LogP contribution in [0, 0.1) is 0 Å². The highest BCUT2D eigenvalue weighted by molar-refractivity contribution is 7.80. The lowest BCUT2D eigenvalue weighted by Crippen LogP contribution is -2.55. The van der Waals surface area contributed by atoms with E-state index >= 15 is 0 Å². The number of thiocarbonyl (C=S) groups is 1. The number of rotatable bonds is 3. The number of carbonyl (C=O) groups is 1. The molecule has 2 aromatic rings. The Bertz CT molecular complexity index is 899. The van der Waals surface area contributed by atoms with Crippen LogP contribution in [0.2, 0.25) is 0 Å². The molecule has 8 heteroatoms. The monoisotopic (exact) mass is 413 g/mol. The average Bonchev–Trinajstić information content (AvgIpc) is 2.78. The zero-order valence-electron chi connectivity index (χ0n) is 16.2. The molecule has 1 atom stereocenters. The molecule has 2 aliphatic heterocycles. The van der Waals surface area contributed by atoms with Crippen molar-refractivity contribution in [3.63, 3.8) is 0 Å². The molecule has 0 bridgehead atoms. The molecule has 2 aliphatic rings. The van der Waals surface area contributed by atoms with Gasteiger partial charge in [0.2, 0.25) is 6.10 Å². The molecule has 0 spiro atoms. The SMILES string of the molecule is COc1cccc(NC(=S)N2CCN(C(=O)C3COc4ccccc4O3)CC2)c1. The number of anilines is 1. The Morgan fingerprint density at radius 2 is 1.79 bits per heavy atom. The molecule has 1 amide bonds. The summed E-state index contributed by atoms with van der Waals surface area (Å²) in [4.78, 5) is 16.7. The van der Waals surface area contributed by atoms with Gasteiger partial charge in [0.15, 0.2) is 16.6 Å². The minimum absolute atomic E-state index is 0.0502. The zero-order chi connectivity index (χ0) is 20.2. The van der Waals surface area contributed by atoms with E-state index in [1.807, 2.05) is 53.4 Å². The highest BCUT2D eigenvalue weighted by Gasteiger charge is 2.33. The first kappa shape index (κ1) is 19.3. The number of ether oxygens (including phenoxy) is 3. The van der Waals surface area contributed by atoms with Gasteiger partial charge in [0, 0.05) is 37.9 Å². The van der Waals surface area contributed by atoms with E-state index in [0.29, 0.717) is 42.8 Å². The number of benzene rings is 2.